The molecule has 3 aromatic rings. The van der Waals surface area contributed by atoms with Gasteiger partial charge >= 0.3 is 0 Å². The molecule has 0 bridgehead atoms. The van der Waals surface area contributed by atoms with Crippen molar-refractivity contribution in [1.29, 1.82) is 0 Å². The van der Waals surface area contributed by atoms with Crippen molar-refractivity contribution in [3.8, 4) is 0 Å². The second kappa shape index (κ2) is 11.2. The van der Waals surface area contributed by atoms with Gasteiger partial charge in [-0.15, -0.1) is 0 Å². The molecule has 3 aliphatic rings. The van der Waals surface area contributed by atoms with Crippen molar-refractivity contribution in [3.63, 3.8) is 0 Å². The average Bonchev–Trinajstić information content (AvgIpc) is 3.39. The van der Waals surface area contributed by atoms with Crippen LogP contribution >= 0.6 is 0 Å². The van der Waals surface area contributed by atoms with Crippen molar-refractivity contribution < 1.29 is 9.53 Å². The van der Waals surface area contributed by atoms with Crippen LogP contribution in [0.15, 0.2) is 30.6 Å². The Hall–Kier alpha value is -3.24. The lowest BCUT2D eigenvalue weighted by atomic mass is 9.95. The summed E-state index contributed by atoms with van der Waals surface area (Å²) < 4.78 is 7.84. The topological polar surface area (TPSA) is 100 Å². The average molecular weight is 519 g/mol. The second-order valence-electron chi connectivity index (χ2n) is 10.7. The van der Waals surface area contributed by atoms with Gasteiger partial charge in [-0.3, -0.25) is 9.69 Å². The quantitative estimate of drug-likeness (QED) is 0.497. The summed E-state index contributed by atoms with van der Waals surface area (Å²) in [6, 6.07) is 8.72. The Bertz CT molecular complexity index is 1240. The number of fused-ring (bicyclic) bond motifs is 1. The van der Waals surface area contributed by atoms with Gasteiger partial charge in [0.05, 0.1) is 19.5 Å². The number of rotatable bonds is 6. The minimum atomic E-state index is -0.0847. The molecule has 3 fully saturated rings. The van der Waals surface area contributed by atoms with Gasteiger partial charge in [-0.2, -0.15) is 9.97 Å². The number of morpholine rings is 1. The number of ether oxygens (including phenoxy) is 1. The van der Waals surface area contributed by atoms with Crippen LogP contribution in [-0.4, -0.2) is 75.8 Å². The van der Waals surface area contributed by atoms with Crippen molar-refractivity contribution in [2.75, 3.05) is 54.9 Å². The van der Waals surface area contributed by atoms with Crippen molar-refractivity contribution in [3.05, 3.63) is 30.6 Å². The smallest absolute Gasteiger partial charge is 0.229 e. The molecule has 202 valence electrons. The van der Waals surface area contributed by atoms with Crippen LogP contribution in [0.25, 0.3) is 11.2 Å². The molecule has 2 N–H and O–H groups in total. The number of benzene rings is 1. The highest BCUT2D eigenvalue weighted by Crippen LogP contribution is 2.34. The van der Waals surface area contributed by atoms with Gasteiger partial charge in [0.15, 0.2) is 17.0 Å². The van der Waals surface area contributed by atoms with Gasteiger partial charge in [-0.25, -0.2) is 4.98 Å². The van der Waals surface area contributed by atoms with Crippen LogP contribution < -0.4 is 15.5 Å². The number of anilines is 4. The third kappa shape index (κ3) is 5.47. The van der Waals surface area contributed by atoms with Crippen LogP contribution in [-0.2, 0) is 9.53 Å². The van der Waals surface area contributed by atoms with Crippen LogP contribution in [0.4, 0.5) is 23.1 Å². The van der Waals surface area contributed by atoms with Crippen LogP contribution in [0.1, 0.15) is 57.9 Å². The first-order valence-corrected chi connectivity index (χ1v) is 14.1. The third-order valence-corrected chi connectivity index (χ3v) is 8.16. The largest absolute Gasteiger partial charge is 0.379 e. The van der Waals surface area contributed by atoms with Gasteiger partial charge in [0.2, 0.25) is 11.9 Å². The van der Waals surface area contributed by atoms with E-state index in [1.165, 1.54) is 39.0 Å². The summed E-state index contributed by atoms with van der Waals surface area (Å²) in [5.41, 5.74) is 3.37. The van der Waals surface area contributed by atoms with E-state index in [9.17, 15) is 4.79 Å². The molecule has 0 atom stereocenters. The number of hydrogen-bond acceptors (Lipinski definition) is 8. The zero-order valence-electron chi connectivity index (χ0n) is 22.2. The Morgan fingerprint density at radius 2 is 1.61 bits per heavy atom. The summed E-state index contributed by atoms with van der Waals surface area (Å²) in [6.45, 7) is 7.13. The Kier molecular flexibility index (Phi) is 7.42. The number of nitrogens with zero attached hydrogens (tertiary/aromatic N) is 6. The summed E-state index contributed by atoms with van der Waals surface area (Å²) in [7, 11) is 0. The number of aromatic nitrogens is 4. The number of amides is 1. The van der Waals surface area contributed by atoms with Gasteiger partial charge in [-0.1, -0.05) is 19.3 Å². The summed E-state index contributed by atoms with van der Waals surface area (Å²) in [5.74, 6) is 1.41. The Balaban J connectivity index is 1.28. The minimum absolute atomic E-state index is 0.0847. The summed E-state index contributed by atoms with van der Waals surface area (Å²) in [4.78, 5) is 31.2. The second-order valence-corrected chi connectivity index (χ2v) is 10.7. The molecule has 2 saturated heterocycles. The highest BCUT2D eigenvalue weighted by molar-refractivity contribution is 5.89. The van der Waals surface area contributed by atoms with Crippen molar-refractivity contribution >= 4 is 40.2 Å². The summed E-state index contributed by atoms with van der Waals surface area (Å²) in [6.07, 6.45) is 10.3. The number of carbonyl (C=O) groups excluding carboxylic acids is 1. The standard InChI is InChI=1S/C28H38N8O2/c1-20(37)30-21-7-9-22(10-8-21)31-26-25-27(36(19-29-25)24-5-3-2-4-6-24)33-28(32-26)35-13-11-23(12-14-35)34-15-17-38-18-16-34/h7-10,19,23-24H,2-6,11-18H2,1H3,(H,30,37)(H,31,32,33). The van der Waals surface area contributed by atoms with E-state index in [2.05, 4.69) is 25.0 Å². The molecule has 2 aliphatic heterocycles. The molecule has 38 heavy (non-hydrogen) atoms. The number of piperidine rings is 1. The first-order chi connectivity index (χ1) is 18.6. The Morgan fingerprint density at radius 1 is 0.895 bits per heavy atom. The van der Waals surface area contributed by atoms with Crippen molar-refractivity contribution in [2.24, 2.45) is 0 Å². The van der Waals surface area contributed by atoms with E-state index in [-0.39, 0.29) is 5.91 Å². The van der Waals surface area contributed by atoms with Gasteiger partial charge in [0, 0.05) is 56.6 Å². The summed E-state index contributed by atoms with van der Waals surface area (Å²) >= 11 is 0. The predicted molar refractivity (Wildman–Crippen MR) is 149 cm³/mol. The van der Waals surface area contributed by atoms with E-state index in [0.29, 0.717) is 12.1 Å². The third-order valence-electron chi connectivity index (χ3n) is 8.16. The lowest BCUT2D eigenvalue weighted by molar-refractivity contribution is -0.114. The normalized spacial score (nSPS) is 20.1. The molecule has 4 heterocycles. The van der Waals surface area contributed by atoms with Gasteiger partial charge < -0.3 is 24.8 Å². The fraction of sp³-hybridized carbons (Fsp3) is 0.571. The molecule has 0 spiro atoms. The van der Waals surface area contributed by atoms with Crippen LogP contribution in [0.5, 0.6) is 0 Å². The molecule has 1 saturated carbocycles. The van der Waals surface area contributed by atoms with E-state index in [4.69, 9.17) is 19.7 Å². The van der Waals surface area contributed by atoms with E-state index >= 15 is 0 Å². The van der Waals surface area contributed by atoms with Gasteiger partial charge in [0.25, 0.3) is 0 Å². The molecule has 1 aromatic carbocycles. The molecule has 0 unspecified atom stereocenters. The molecule has 2 aromatic heterocycles. The zero-order valence-corrected chi connectivity index (χ0v) is 22.2. The van der Waals surface area contributed by atoms with E-state index in [0.717, 1.165) is 86.5 Å². The fourth-order valence-electron chi connectivity index (χ4n) is 6.11. The Morgan fingerprint density at radius 3 is 2.32 bits per heavy atom. The molecular weight excluding hydrogens is 480 g/mol. The zero-order chi connectivity index (χ0) is 25.9. The van der Waals surface area contributed by atoms with E-state index in [1.54, 1.807) is 0 Å². The molecule has 1 amide bonds. The highest BCUT2D eigenvalue weighted by atomic mass is 16.5. The van der Waals surface area contributed by atoms with Crippen molar-refractivity contribution in [2.45, 2.75) is 64.0 Å². The van der Waals surface area contributed by atoms with Gasteiger partial charge in [0.1, 0.15) is 0 Å². The summed E-state index contributed by atoms with van der Waals surface area (Å²) in [5, 5.41) is 6.31. The number of carbonyl (C=O) groups is 1. The number of imidazole rings is 1. The highest BCUT2D eigenvalue weighted by Gasteiger charge is 2.28. The fourth-order valence-corrected chi connectivity index (χ4v) is 6.11. The first kappa shape index (κ1) is 25.1. The van der Waals surface area contributed by atoms with Crippen LogP contribution in [0.2, 0.25) is 0 Å². The molecular formula is C28H38N8O2. The number of hydrogen-bond donors (Lipinski definition) is 2. The SMILES string of the molecule is CC(=O)Nc1ccc(Nc2nc(N3CCC(N4CCOCC4)CC3)nc3c2ncn3C2CCCCC2)cc1. The maximum atomic E-state index is 11.4. The molecule has 0 radical (unpaired) electrons. The maximum absolute atomic E-state index is 11.4. The molecule has 1 aliphatic carbocycles. The number of nitrogens with one attached hydrogen (secondary N) is 2. The van der Waals surface area contributed by atoms with Gasteiger partial charge in [-0.05, 0) is 49.9 Å². The van der Waals surface area contributed by atoms with E-state index < -0.39 is 0 Å². The van der Waals surface area contributed by atoms with Crippen LogP contribution in [0, 0.1) is 0 Å². The monoisotopic (exact) mass is 518 g/mol. The van der Waals surface area contributed by atoms with Crippen LogP contribution in [0.3, 0.4) is 0 Å². The predicted octanol–water partition coefficient (Wildman–Crippen LogP) is 4.33. The molecule has 6 rings (SSSR count). The Labute approximate surface area is 223 Å². The minimum Gasteiger partial charge on any atom is -0.379 e. The molecule has 10 heteroatoms. The lowest BCUT2D eigenvalue weighted by Gasteiger charge is -2.40. The molecule has 10 nitrogen and oxygen atoms in total. The maximum Gasteiger partial charge on any atom is 0.229 e. The lowest BCUT2D eigenvalue weighted by Crippen LogP contribution is -2.49. The van der Waals surface area contributed by atoms with E-state index in [1.807, 2.05) is 30.6 Å². The first-order valence-electron chi connectivity index (χ1n) is 14.1. The van der Waals surface area contributed by atoms with Crippen molar-refractivity contribution in [1.82, 2.24) is 24.4 Å².